The number of halogens is 1. The van der Waals surface area contributed by atoms with Crippen LogP contribution in [0.2, 0.25) is 0 Å². The predicted molar refractivity (Wildman–Crippen MR) is 84.7 cm³/mol. The molecule has 0 spiro atoms. The highest BCUT2D eigenvalue weighted by molar-refractivity contribution is 6.04. The van der Waals surface area contributed by atoms with Gasteiger partial charge < -0.3 is 14.9 Å². The molecule has 2 aliphatic rings. The van der Waals surface area contributed by atoms with Crippen LogP contribution < -0.4 is 0 Å². The van der Waals surface area contributed by atoms with Crippen LogP contribution in [0.25, 0.3) is 21.5 Å². The first-order valence-corrected chi connectivity index (χ1v) is 7.73. The van der Waals surface area contributed by atoms with E-state index in [0.29, 0.717) is 0 Å². The summed E-state index contributed by atoms with van der Waals surface area (Å²) in [5.41, 5.74) is 2.70. The number of epoxide rings is 1. The van der Waals surface area contributed by atoms with E-state index in [1.807, 2.05) is 25.1 Å². The highest BCUT2D eigenvalue weighted by atomic mass is 19.1. The summed E-state index contributed by atoms with van der Waals surface area (Å²) in [4.78, 5) is 0. The van der Waals surface area contributed by atoms with Crippen LogP contribution in [0, 0.1) is 12.7 Å². The van der Waals surface area contributed by atoms with E-state index >= 15 is 0 Å². The van der Waals surface area contributed by atoms with Gasteiger partial charge in [0.1, 0.15) is 30.2 Å². The van der Waals surface area contributed by atoms with Crippen molar-refractivity contribution in [3.63, 3.8) is 0 Å². The van der Waals surface area contributed by atoms with Gasteiger partial charge in [0.15, 0.2) is 0 Å². The summed E-state index contributed by atoms with van der Waals surface area (Å²) in [6, 6.07) is 10.6. The zero-order chi connectivity index (χ0) is 15.9. The van der Waals surface area contributed by atoms with Gasteiger partial charge >= 0.3 is 0 Å². The molecule has 2 N–H and O–H groups in total. The van der Waals surface area contributed by atoms with Crippen LogP contribution in [0.4, 0.5) is 4.39 Å². The molecule has 116 valence electrons. The van der Waals surface area contributed by atoms with E-state index in [4.69, 9.17) is 4.74 Å². The number of rotatable bonds is 0. The minimum absolute atomic E-state index is 0.163. The van der Waals surface area contributed by atoms with Crippen molar-refractivity contribution in [3.8, 4) is 0 Å². The lowest BCUT2D eigenvalue weighted by atomic mass is 9.83. The molecule has 0 aromatic heterocycles. The molecule has 4 heteroatoms. The zero-order valence-corrected chi connectivity index (χ0v) is 12.5. The molecule has 1 heterocycles. The first-order valence-electron chi connectivity index (χ1n) is 7.73. The third-order valence-corrected chi connectivity index (χ3v) is 5.23. The van der Waals surface area contributed by atoms with Gasteiger partial charge in [-0.2, -0.15) is 0 Å². The van der Waals surface area contributed by atoms with E-state index in [0.717, 1.165) is 38.2 Å². The Labute approximate surface area is 131 Å². The highest BCUT2D eigenvalue weighted by Crippen LogP contribution is 2.53. The van der Waals surface area contributed by atoms with Crippen LogP contribution in [0.5, 0.6) is 0 Å². The van der Waals surface area contributed by atoms with Crippen molar-refractivity contribution in [2.24, 2.45) is 0 Å². The van der Waals surface area contributed by atoms with Crippen LogP contribution in [0.3, 0.4) is 0 Å². The summed E-state index contributed by atoms with van der Waals surface area (Å²) in [5, 5.41) is 24.3. The Morgan fingerprint density at radius 2 is 1.83 bits per heavy atom. The molecule has 0 radical (unpaired) electrons. The minimum atomic E-state index is -0.928. The summed E-state index contributed by atoms with van der Waals surface area (Å²) in [6.07, 6.45) is -2.29. The number of hydrogen-bond donors (Lipinski definition) is 2. The second kappa shape index (κ2) is 4.29. The molecular weight excluding hydrogens is 295 g/mol. The normalized spacial score (nSPS) is 28.7. The Morgan fingerprint density at radius 1 is 1.00 bits per heavy atom. The van der Waals surface area contributed by atoms with Gasteiger partial charge in [-0.05, 0) is 63.4 Å². The minimum Gasteiger partial charge on any atom is -0.387 e. The molecule has 0 saturated carbocycles. The number of ether oxygens (including phenoxy) is 1. The van der Waals surface area contributed by atoms with E-state index in [9.17, 15) is 14.6 Å². The molecule has 4 unspecified atom stereocenters. The second-order valence-corrected chi connectivity index (χ2v) is 6.49. The fourth-order valence-electron chi connectivity index (χ4n) is 3.97. The highest BCUT2D eigenvalue weighted by Gasteiger charge is 2.54. The zero-order valence-electron chi connectivity index (χ0n) is 12.5. The SMILES string of the molecule is Cc1c2cc(F)ccc2cc2c3c(ccc12)C(O)C(O)C1OC31. The summed E-state index contributed by atoms with van der Waals surface area (Å²) < 4.78 is 19.2. The van der Waals surface area contributed by atoms with Crippen molar-refractivity contribution in [2.75, 3.05) is 0 Å². The Kier molecular flexibility index (Phi) is 2.51. The largest absolute Gasteiger partial charge is 0.387 e. The topological polar surface area (TPSA) is 53.0 Å². The Morgan fingerprint density at radius 3 is 2.65 bits per heavy atom. The van der Waals surface area contributed by atoms with Crippen LogP contribution in [-0.4, -0.2) is 22.4 Å². The summed E-state index contributed by atoms with van der Waals surface area (Å²) in [5.74, 6) is -0.248. The molecule has 0 bridgehead atoms. The van der Waals surface area contributed by atoms with Crippen molar-refractivity contribution in [2.45, 2.75) is 31.3 Å². The molecule has 1 fully saturated rings. The van der Waals surface area contributed by atoms with Gasteiger partial charge in [0.25, 0.3) is 0 Å². The van der Waals surface area contributed by atoms with Crippen molar-refractivity contribution in [1.29, 1.82) is 0 Å². The molecule has 0 amide bonds. The Bertz CT molecular complexity index is 981. The first kappa shape index (κ1) is 13.4. The van der Waals surface area contributed by atoms with Gasteiger partial charge in [-0.15, -0.1) is 0 Å². The lowest BCUT2D eigenvalue weighted by Gasteiger charge is -2.25. The summed E-state index contributed by atoms with van der Waals surface area (Å²) in [6.45, 7) is 1.98. The van der Waals surface area contributed by atoms with Crippen molar-refractivity contribution < 1.29 is 19.3 Å². The molecule has 1 aliphatic heterocycles. The number of benzene rings is 3. The van der Waals surface area contributed by atoms with E-state index in [1.165, 1.54) is 6.07 Å². The number of hydrogen-bond acceptors (Lipinski definition) is 3. The number of aryl methyl sites for hydroxylation is 1. The average molecular weight is 310 g/mol. The van der Waals surface area contributed by atoms with Gasteiger partial charge in [0.05, 0.1) is 0 Å². The molecule has 3 nitrogen and oxygen atoms in total. The fraction of sp³-hybridized carbons (Fsp3) is 0.263. The number of fused-ring (bicyclic) bond motifs is 6. The second-order valence-electron chi connectivity index (χ2n) is 6.49. The molecule has 1 aliphatic carbocycles. The van der Waals surface area contributed by atoms with Crippen LogP contribution in [0.1, 0.15) is 28.9 Å². The smallest absolute Gasteiger partial charge is 0.123 e. The maximum Gasteiger partial charge on any atom is 0.123 e. The molecule has 3 aromatic rings. The molecule has 3 aromatic carbocycles. The molecule has 5 rings (SSSR count). The standard InChI is InChI=1S/C19H15FO3/c1-8-11-4-5-12-15(18-19(23-18)17(22)16(12)21)14(11)6-9-2-3-10(20)7-13(8)9/h2-7,16-19,21-22H,1H3. The molecular formula is C19H15FO3. The lowest BCUT2D eigenvalue weighted by molar-refractivity contribution is 0.000105. The van der Waals surface area contributed by atoms with Crippen molar-refractivity contribution in [1.82, 2.24) is 0 Å². The van der Waals surface area contributed by atoms with Crippen LogP contribution in [0.15, 0.2) is 36.4 Å². The van der Waals surface area contributed by atoms with Crippen LogP contribution >= 0.6 is 0 Å². The predicted octanol–water partition coefficient (Wildman–Crippen LogP) is 3.29. The first-order chi connectivity index (χ1) is 11.1. The Hall–Kier alpha value is -2.01. The van der Waals surface area contributed by atoms with E-state index < -0.39 is 12.2 Å². The van der Waals surface area contributed by atoms with Crippen molar-refractivity contribution >= 4 is 21.5 Å². The third-order valence-electron chi connectivity index (χ3n) is 5.23. The van der Waals surface area contributed by atoms with Gasteiger partial charge in [-0.25, -0.2) is 4.39 Å². The number of aliphatic hydroxyl groups is 2. The maximum atomic E-state index is 13.6. The molecule has 1 saturated heterocycles. The summed E-state index contributed by atoms with van der Waals surface area (Å²) >= 11 is 0. The van der Waals surface area contributed by atoms with E-state index in [-0.39, 0.29) is 18.0 Å². The average Bonchev–Trinajstić information content (AvgIpc) is 3.33. The van der Waals surface area contributed by atoms with Gasteiger partial charge in [-0.1, -0.05) is 18.2 Å². The summed E-state index contributed by atoms with van der Waals surface area (Å²) in [7, 11) is 0. The lowest BCUT2D eigenvalue weighted by Crippen LogP contribution is -2.29. The van der Waals surface area contributed by atoms with Crippen LogP contribution in [-0.2, 0) is 4.74 Å². The van der Waals surface area contributed by atoms with Gasteiger partial charge in [0, 0.05) is 0 Å². The number of aliphatic hydroxyl groups excluding tert-OH is 2. The Balaban J connectivity index is 1.90. The van der Waals surface area contributed by atoms with E-state index in [2.05, 4.69) is 0 Å². The monoisotopic (exact) mass is 310 g/mol. The maximum absolute atomic E-state index is 13.6. The molecule has 23 heavy (non-hydrogen) atoms. The molecule has 4 atom stereocenters. The fourth-order valence-corrected chi connectivity index (χ4v) is 3.97. The van der Waals surface area contributed by atoms with E-state index in [1.54, 1.807) is 12.1 Å². The quantitative estimate of drug-likeness (QED) is 0.495. The van der Waals surface area contributed by atoms with Gasteiger partial charge in [-0.3, -0.25) is 0 Å². The van der Waals surface area contributed by atoms with Gasteiger partial charge in [0.2, 0.25) is 0 Å². The third kappa shape index (κ3) is 1.68. The van der Waals surface area contributed by atoms with Crippen molar-refractivity contribution in [3.05, 3.63) is 58.9 Å².